The first-order chi connectivity index (χ1) is 7.06. The molecule has 4 heteroatoms. The largest absolute Gasteiger partial charge is 0.390 e. The molecule has 2 unspecified atom stereocenters. The summed E-state index contributed by atoms with van der Waals surface area (Å²) in [6, 6.07) is 0.270. The highest BCUT2D eigenvalue weighted by molar-refractivity contribution is 7.96. The lowest BCUT2D eigenvalue weighted by molar-refractivity contribution is -0.136. The van der Waals surface area contributed by atoms with Gasteiger partial charge in [0.05, 0.1) is 5.60 Å². The fourth-order valence-electron chi connectivity index (χ4n) is 4.36. The zero-order chi connectivity index (χ0) is 10.6. The Kier molecular flexibility index (Phi) is 2.09. The van der Waals surface area contributed by atoms with Crippen molar-refractivity contribution in [3.63, 3.8) is 0 Å². The maximum atomic E-state index is 11.0. The molecule has 0 spiro atoms. The van der Waals surface area contributed by atoms with Gasteiger partial charge in [-0.25, -0.2) is 0 Å². The average molecular weight is 227 g/mol. The van der Waals surface area contributed by atoms with Gasteiger partial charge >= 0.3 is 0 Å². The minimum Gasteiger partial charge on any atom is -0.390 e. The lowest BCUT2D eigenvalue weighted by Gasteiger charge is -2.57. The first-order valence-corrected chi connectivity index (χ1v) is 6.22. The van der Waals surface area contributed by atoms with Crippen molar-refractivity contribution in [3.05, 3.63) is 0 Å². The van der Waals surface area contributed by atoms with Crippen LogP contribution < -0.4 is 5.32 Å². The number of nitrogens with one attached hydrogen (secondary N) is 1. The monoisotopic (exact) mass is 227 g/mol. The van der Waals surface area contributed by atoms with Crippen molar-refractivity contribution in [2.75, 3.05) is 0 Å². The van der Waals surface area contributed by atoms with Crippen LogP contribution in [-0.2, 0) is 0 Å². The van der Waals surface area contributed by atoms with Crippen molar-refractivity contribution in [2.24, 2.45) is 17.8 Å². The SMILES string of the molecule is O=C(S)NC1C2CC3CC1CC(O)(C3)C2. The van der Waals surface area contributed by atoms with E-state index < -0.39 is 5.60 Å². The van der Waals surface area contributed by atoms with E-state index >= 15 is 0 Å². The molecule has 4 bridgehead atoms. The normalized spacial score (nSPS) is 51.9. The van der Waals surface area contributed by atoms with Crippen LogP contribution in [0.4, 0.5) is 4.79 Å². The lowest BCUT2D eigenvalue weighted by Crippen LogP contribution is -2.61. The summed E-state index contributed by atoms with van der Waals surface area (Å²) in [5, 5.41) is 13.1. The predicted octanol–water partition coefficient (Wildman–Crippen LogP) is 1.57. The third kappa shape index (κ3) is 1.58. The summed E-state index contributed by atoms with van der Waals surface area (Å²) >= 11 is 3.79. The van der Waals surface area contributed by atoms with E-state index in [1.165, 1.54) is 12.8 Å². The summed E-state index contributed by atoms with van der Waals surface area (Å²) < 4.78 is 0. The minimum absolute atomic E-state index is 0.223. The highest BCUT2D eigenvalue weighted by Gasteiger charge is 2.54. The van der Waals surface area contributed by atoms with Crippen LogP contribution in [0.25, 0.3) is 0 Å². The van der Waals surface area contributed by atoms with E-state index in [4.69, 9.17) is 0 Å². The minimum atomic E-state index is -0.408. The van der Waals surface area contributed by atoms with Crippen molar-refractivity contribution >= 4 is 17.9 Å². The molecule has 4 aliphatic rings. The highest BCUT2D eigenvalue weighted by Crippen LogP contribution is 2.55. The van der Waals surface area contributed by atoms with Crippen LogP contribution in [0.1, 0.15) is 32.1 Å². The van der Waals surface area contributed by atoms with Crippen LogP contribution in [0.3, 0.4) is 0 Å². The molecule has 0 radical (unpaired) electrons. The maximum Gasteiger partial charge on any atom is 0.276 e. The molecule has 2 atom stereocenters. The molecule has 0 heterocycles. The van der Waals surface area contributed by atoms with E-state index in [2.05, 4.69) is 17.9 Å². The van der Waals surface area contributed by atoms with Crippen molar-refractivity contribution < 1.29 is 9.90 Å². The second kappa shape index (κ2) is 3.14. The molecule has 0 saturated heterocycles. The van der Waals surface area contributed by atoms with Gasteiger partial charge in [-0.1, -0.05) is 12.6 Å². The molecule has 0 aromatic heterocycles. The van der Waals surface area contributed by atoms with Gasteiger partial charge in [-0.3, -0.25) is 4.79 Å². The molecule has 4 aliphatic carbocycles. The molecular weight excluding hydrogens is 210 g/mol. The molecule has 0 aliphatic heterocycles. The smallest absolute Gasteiger partial charge is 0.276 e. The number of amides is 1. The Balaban J connectivity index is 1.82. The first kappa shape index (κ1) is 9.97. The second-order valence-corrected chi connectivity index (χ2v) is 6.08. The van der Waals surface area contributed by atoms with Crippen molar-refractivity contribution in [1.29, 1.82) is 0 Å². The van der Waals surface area contributed by atoms with Gasteiger partial charge in [-0.2, -0.15) is 0 Å². The van der Waals surface area contributed by atoms with Gasteiger partial charge in [0.1, 0.15) is 0 Å². The number of carbonyl (C=O) groups excluding carboxylic acids is 1. The zero-order valence-corrected chi connectivity index (χ0v) is 9.54. The van der Waals surface area contributed by atoms with Gasteiger partial charge < -0.3 is 10.4 Å². The van der Waals surface area contributed by atoms with E-state index in [0.717, 1.165) is 19.3 Å². The van der Waals surface area contributed by atoms with Gasteiger partial charge in [0, 0.05) is 6.04 Å². The molecule has 0 aromatic rings. The third-order valence-corrected chi connectivity index (χ3v) is 4.66. The molecule has 15 heavy (non-hydrogen) atoms. The molecule has 4 saturated carbocycles. The number of thiol groups is 1. The fourth-order valence-corrected chi connectivity index (χ4v) is 4.51. The first-order valence-electron chi connectivity index (χ1n) is 5.78. The Hall–Kier alpha value is -0.220. The van der Waals surface area contributed by atoms with Gasteiger partial charge in [-0.15, -0.1) is 0 Å². The summed E-state index contributed by atoms with van der Waals surface area (Å²) in [4.78, 5) is 11.0. The highest BCUT2D eigenvalue weighted by atomic mass is 32.1. The van der Waals surface area contributed by atoms with E-state index in [9.17, 15) is 9.90 Å². The summed E-state index contributed by atoms with van der Waals surface area (Å²) in [7, 11) is 0. The van der Waals surface area contributed by atoms with Crippen LogP contribution in [0.5, 0.6) is 0 Å². The van der Waals surface area contributed by atoms with Crippen molar-refractivity contribution in [2.45, 2.75) is 43.7 Å². The summed E-state index contributed by atoms with van der Waals surface area (Å²) in [5.74, 6) is 1.66. The van der Waals surface area contributed by atoms with E-state index in [-0.39, 0.29) is 11.3 Å². The molecule has 84 valence electrons. The van der Waals surface area contributed by atoms with Crippen molar-refractivity contribution in [1.82, 2.24) is 5.32 Å². The molecule has 2 N–H and O–H groups in total. The number of carbonyl (C=O) groups is 1. The lowest BCUT2D eigenvalue weighted by atomic mass is 9.52. The number of hydrogen-bond donors (Lipinski definition) is 3. The quantitative estimate of drug-likeness (QED) is 0.595. The number of aliphatic hydroxyl groups is 1. The van der Waals surface area contributed by atoms with E-state index in [1.807, 2.05) is 0 Å². The Morgan fingerprint density at radius 2 is 1.87 bits per heavy atom. The Bertz CT molecular complexity index is 291. The van der Waals surface area contributed by atoms with Crippen LogP contribution in [0.2, 0.25) is 0 Å². The molecular formula is C11H17NO2S. The number of rotatable bonds is 1. The fraction of sp³-hybridized carbons (Fsp3) is 0.909. The summed E-state index contributed by atoms with van der Waals surface area (Å²) in [5.41, 5.74) is -0.408. The topological polar surface area (TPSA) is 49.3 Å². The zero-order valence-electron chi connectivity index (χ0n) is 8.65. The summed E-state index contributed by atoms with van der Waals surface area (Å²) in [6.07, 6.45) is 5.09. The Labute approximate surface area is 95.0 Å². The summed E-state index contributed by atoms with van der Waals surface area (Å²) in [6.45, 7) is 0. The van der Waals surface area contributed by atoms with E-state index in [0.29, 0.717) is 17.8 Å². The molecule has 1 amide bonds. The predicted molar refractivity (Wildman–Crippen MR) is 59.8 cm³/mol. The van der Waals surface area contributed by atoms with Crippen LogP contribution in [0.15, 0.2) is 0 Å². The van der Waals surface area contributed by atoms with Crippen LogP contribution >= 0.6 is 12.6 Å². The van der Waals surface area contributed by atoms with Gasteiger partial charge in [0.25, 0.3) is 5.24 Å². The van der Waals surface area contributed by atoms with E-state index in [1.54, 1.807) is 0 Å². The molecule has 4 rings (SSSR count). The van der Waals surface area contributed by atoms with Crippen LogP contribution in [-0.4, -0.2) is 22.0 Å². The molecule has 4 fully saturated rings. The second-order valence-electron chi connectivity index (χ2n) is 5.67. The standard InChI is InChI=1S/C11H17NO2S/c13-10(15)12-9-7-1-6-2-8(9)5-11(14,3-6)4-7/h6-9,14H,1-5H2,(H2,12,13,15). The van der Waals surface area contributed by atoms with Gasteiger partial charge in [0.15, 0.2) is 0 Å². The van der Waals surface area contributed by atoms with Gasteiger partial charge in [-0.05, 0) is 49.9 Å². The molecule has 3 nitrogen and oxygen atoms in total. The Morgan fingerprint density at radius 3 is 2.33 bits per heavy atom. The Morgan fingerprint density at radius 1 is 1.27 bits per heavy atom. The maximum absolute atomic E-state index is 11.0. The van der Waals surface area contributed by atoms with Gasteiger partial charge in [0.2, 0.25) is 0 Å². The van der Waals surface area contributed by atoms with Crippen molar-refractivity contribution in [3.8, 4) is 0 Å². The molecule has 0 aromatic carbocycles. The average Bonchev–Trinajstić information content (AvgIpc) is 2.08. The van der Waals surface area contributed by atoms with Crippen LogP contribution in [0, 0.1) is 17.8 Å². The third-order valence-electron chi connectivity index (χ3n) is 4.53. The number of hydrogen-bond acceptors (Lipinski definition) is 2.